The lowest BCUT2D eigenvalue weighted by Crippen LogP contribution is -1.99. The second-order valence-corrected chi connectivity index (χ2v) is 5.76. The number of benzene rings is 3. The summed E-state index contributed by atoms with van der Waals surface area (Å²) in [5.41, 5.74) is 12.5. The van der Waals surface area contributed by atoms with Gasteiger partial charge in [0.05, 0.1) is 11.4 Å². The number of hydrogen-bond donors (Lipinski definition) is 1. The Labute approximate surface area is 141 Å². The van der Waals surface area contributed by atoms with Crippen LogP contribution in [0.2, 0.25) is 0 Å². The minimum absolute atomic E-state index is 0.772. The van der Waals surface area contributed by atoms with E-state index in [-0.39, 0.29) is 0 Å². The van der Waals surface area contributed by atoms with E-state index in [1.807, 2.05) is 24.3 Å². The van der Waals surface area contributed by atoms with Gasteiger partial charge in [-0.2, -0.15) is 0 Å². The molecule has 0 bridgehead atoms. The molecule has 2 nitrogen and oxygen atoms in total. The van der Waals surface area contributed by atoms with Gasteiger partial charge in [0.2, 0.25) is 0 Å². The normalized spacial score (nSPS) is 10.7. The zero-order valence-electron chi connectivity index (χ0n) is 13.3. The molecule has 0 aliphatic heterocycles. The molecule has 3 aromatic carbocycles. The molecule has 1 heterocycles. The summed E-state index contributed by atoms with van der Waals surface area (Å²) in [6.45, 7) is 0. The van der Waals surface area contributed by atoms with Crippen LogP contribution >= 0.6 is 0 Å². The van der Waals surface area contributed by atoms with Gasteiger partial charge in [-0.1, -0.05) is 60.7 Å². The van der Waals surface area contributed by atoms with Crippen molar-refractivity contribution < 1.29 is 0 Å². The number of nitrogens with two attached hydrogens (primary N) is 1. The van der Waals surface area contributed by atoms with E-state index in [9.17, 15) is 0 Å². The zero-order chi connectivity index (χ0) is 16.4. The number of hydrogen-bond acceptors (Lipinski definition) is 1. The van der Waals surface area contributed by atoms with Crippen LogP contribution in [0.3, 0.4) is 0 Å². The Bertz CT molecular complexity index is 879. The highest BCUT2D eigenvalue weighted by Gasteiger charge is 2.13. The van der Waals surface area contributed by atoms with E-state index in [0.717, 1.165) is 11.4 Å². The minimum Gasteiger partial charge on any atom is -0.399 e. The molecule has 24 heavy (non-hydrogen) atoms. The summed E-state index contributed by atoms with van der Waals surface area (Å²) in [6.07, 6.45) is 0. The zero-order valence-corrected chi connectivity index (χ0v) is 13.3. The van der Waals surface area contributed by atoms with E-state index in [0.29, 0.717) is 0 Å². The van der Waals surface area contributed by atoms with E-state index in [2.05, 4.69) is 77.4 Å². The van der Waals surface area contributed by atoms with Crippen molar-refractivity contribution >= 4 is 5.69 Å². The van der Waals surface area contributed by atoms with Crippen molar-refractivity contribution in [2.24, 2.45) is 0 Å². The molecule has 0 aliphatic rings. The lowest BCUT2D eigenvalue weighted by atomic mass is 10.1. The van der Waals surface area contributed by atoms with Gasteiger partial charge < -0.3 is 10.3 Å². The lowest BCUT2D eigenvalue weighted by molar-refractivity contribution is 1.10. The molecule has 0 radical (unpaired) electrons. The highest BCUT2D eigenvalue weighted by atomic mass is 15.0. The van der Waals surface area contributed by atoms with Crippen LogP contribution in [0.15, 0.2) is 97.1 Å². The van der Waals surface area contributed by atoms with E-state index in [1.165, 1.54) is 22.5 Å². The topological polar surface area (TPSA) is 30.9 Å². The summed E-state index contributed by atoms with van der Waals surface area (Å²) < 4.78 is 2.28. The summed E-state index contributed by atoms with van der Waals surface area (Å²) in [6, 6.07) is 33.3. The fourth-order valence-electron chi connectivity index (χ4n) is 3.01. The molecule has 0 amide bonds. The Balaban J connectivity index is 1.96. The molecule has 1 aromatic heterocycles. The number of nitrogen functional groups attached to an aromatic ring is 1. The minimum atomic E-state index is 0.772. The van der Waals surface area contributed by atoms with Crippen LogP contribution in [-0.2, 0) is 0 Å². The van der Waals surface area contributed by atoms with E-state index < -0.39 is 0 Å². The monoisotopic (exact) mass is 310 g/mol. The molecule has 0 saturated carbocycles. The molecule has 4 rings (SSSR count). The predicted molar refractivity (Wildman–Crippen MR) is 101 cm³/mol. The standard InChI is InChI=1S/C22H18N2/c23-19-11-13-20(14-12-19)24-21(17-7-3-1-4-8-17)15-16-22(24)18-9-5-2-6-10-18/h1-16H,23H2. The second kappa shape index (κ2) is 6.09. The van der Waals surface area contributed by atoms with Crippen molar-refractivity contribution in [1.82, 2.24) is 4.57 Å². The maximum atomic E-state index is 5.87. The maximum Gasteiger partial charge on any atom is 0.0535 e. The van der Waals surface area contributed by atoms with Crippen molar-refractivity contribution in [2.45, 2.75) is 0 Å². The third-order valence-corrected chi connectivity index (χ3v) is 4.17. The maximum absolute atomic E-state index is 5.87. The fourth-order valence-corrected chi connectivity index (χ4v) is 3.01. The molecular weight excluding hydrogens is 292 g/mol. The second-order valence-electron chi connectivity index (χ2n) is 5.76. The third kappa shape index (κ3) is 2.59. The third-order valence-electron chi connectivity index (χ3n) is 4.17. The Morgan fingerprint density at radius 1 is 0.500 bits per heavy atom. The molecule has 0 aliphatic carbocycles. The molecule has 0 fully saturated rings. The molecule has 0 atom stereocenters. The summed E-state index contributed by atoms with van der Waals surface area (Å²) >= 11 is 0. The molecule has 0 spiro atoms. The molecule has 2 N–H and O–H groups in total. The molecule has 0 saturated heterocycles. The highest BCUT2D eigenvalue weighted by molar-refractivity contribution is 5.73. The Kier molecular flexibility index (Phi) is 3.64. The van der Waals surface area contributed by atoms with Gasteiger partial charge in [-0.15, -0.1) is 0 Å². The van der Waals surface area contributed by atoms with Gasteiger partial charge in [0, 0.05) is 11.4 Å². The van der Waals surface area contributed by atoms with Gasteiger partial charge in [0.1, 0.15) is 0 Å². The van der Waals surface area contributed by atoms with Crippen molar-refractivity contribution in [1.29, 1.82) is 0 Å². The molecule has 0 unspecified atom stereocenters. The van der Waals surface area contributed by atoms with Gasteiger partial charge in [-0.25, -0.2) is 0 Å². The average Bonchev–Trinajstić information content (AvgIpc) is 3.09. The van der Waals surface area contributed by atoms with Gasteiger partial charge in [-0.05, 0) is 47.5 Å². The van der Waals surface area contributed by atoms with Crippen LogP contribution in [-0.4, -0.2) is 4.57 Å². The van der Waals surface area contributed by atoms with Crippen molar-refractivity contribution in [3.8, 4) is 28.2 Å². The largest absolute Gasteiger partial charge is 0.399 e. The summed E-state index contributed by atoms with van der Waals surface area (Å²) in [7, 11) is 0. The van der Waals surface area contributed by atoms with Crippen molar-refractivity contribution in [3.63, 3.8) is 0 Å². The number of aromatic nitrogens is 1. The first kappa shape index (κ1) is 14.3. The first-order valence-corrected chi connectivity index (χ1v) is 8.01. The van der Waals surface area contributed by atoms with Crippen LogP contribution in [0.4, 0.5) is 5.69 Å². The molecule has 2 heteroatoms. The molecular formula is C22H18N2. The number of anilines is 1. The smallest absolute Gasteiger partial charge is 0.0535 e. The first-order valence-electron chi connectivity index (χ1n) is 8.01. The van der Waals surface area contributed by atoms with Crippen LogP contribution in [0.1, 0.15) is 0 Å². The molecule has 4 aromatic rings. The lowest BCUT2D eigenvalue weighted by Gasteiger charge is -2.14. The van der Waals surface area contributed by atoms with Crippen molar-refractivity contribution in [3.05, 3.63) is 97.1 Å². The van der Waals surface area contributed by atoms with Crippen LogP contribution in [0.5, 0.6) is 0 Å². The summed E-state index contributed by atoms with van der Waals surface area (Å²) in [5.74, 6) is 0. The Hall–Kier alpha value is -3.26. The van der Waals surface area contributed by atoms with Crippen LogP contribution in [0, 0.1) is 0 Å². The van der Waals surface area contributed by atoms with E-state index in [1.54, 1.807) is 0 Å². The summed E-state index contributed by atoms with van der Waals surface area (Å²) in [5, 5.41) is 0. The summed E-state index contributed by atoms with van der Waals surface area (Å²) in [4.78, 5) is 0. The van der Waals surface area contributed by atoms with Crippen LogP contribution in [0.25, 0.3) is 28.2 Å². The van der Waals surface area contributed by atoms with Gasteiger partial charge >= 0.3 is 0 Å². The SMILES string of the molecule is Nc1ccc(-n2c(-c3ccccc3)ccc2-c2ccccc2)cc1. The highest BCUT2D eigenvalue weighted by Crippen LogP contribution is 2.32. The molecule has 116 valence electrons. The van der Waals surface area contributed by atoms with Gasteiger partial charge in [-0.3, -0.25) is 0 Å². The van der Waals surface area contributed by atoms with Crippen molar-refractivity contribution in [2.75, 3.05) is 5.73 Å². The van der Waals surface area contributed by atoms with Gasteiger partial charge in [0.25, 0.3) is 0 Å². The first-order chi connectivity index (χ1) is 11.8. The Morgan fingerprint density at radius 3 is 1.42 bits per heavy atom. The number of rotatable bonds is 3. The van der Waals surface area contributed by atoms with Crippen LogP contribution < -0.4 is 5.73 Å². The van der Waals surface area contributed by atoms with E-state index in [4.69, 9.17) is 5.73 Å². The predicted octanol–water partition coefficient (Wildman–Crippen LogP) is 5.39. The Morgan fingerprint density at radius 2 is 0.958 bits per heavy atom. The quantitative estimate of drug-likeness (QED) is 0.505. The average molecular weight is 310 g/mol. The fraction of sp³-hybridized carbons (Fsp3) is 0. The number of nitrogens with zero attached hydrogens (tertiary/aromatic N) is 1. The van der Waals surface area contributed by atoms with Gasteiger partial charge in [0.15, 0.2) is 0 Å². The van der Waals surface area contributed by atoms with E-state index >= 15 is 0 Å².